The molecule has 0 aliphatic heterocycles. The Morgan fingerprint density at radius 3 is 2.43 bits per heavy atom. The Morgan fingerprint density at radius 1 is 1.29 bits per heavy atom. The van der Waals surface area contributed by atoms with E-state index in [-0.39, 0.29) is 6.10 Å². The van der Waals surface area contributed by atoms with Gasteiger partial charge < -0.3 is 5.11 Å². The normalized spacial score (nSPS) is 59.8. The predicted molar refractivity (Wildman–Crippen MR) is 56.8 cm³/mol. The first kappa shape index (κ1) is 9.21. The third-order valence-corrected chi connectivity index (χ3v) is 6.04. The van der Waals surface area contributed by atoms with Crippen LogP contribution in [-0.2, 0) is 0 Å². The summed E-state index contributed by atoms with van der Waals surface area (Å²) in [7, 11) is 0. The monoisotopic (exact) mass is 194 g/mol. The van der Waals surface area contributed by atoms with E-state index in [2.05, 4.69) is 20.8 Å². The maximum Gasteiger partial charge on any atom is 0.0576 e. The van der Waals surface area contributed by atoms with Gasteiger partial charge in [-0.1, -0.05) is 20.8 Å². The molecule has 0 aromatic carbocycles. The Morgan fingerprint density at radius 2 is 1.93 bits per heavy atom. The van der Waals surface area contributed by atoms with Crippen molar-refractivity contribution in [3.63, 3.8) is 0 Å². The highest BCUT2D eigenvalue weighted by Crippen LogP contribution is 2.86. The number of hydrogen-bond donors (Lipinski definition) is 1. The molecule has 0 saturated heterocycles. The number of rotatable bonds is 1. The third kappa shape index (κ3) is 0.711. The highest BCUT2D eigenvalue weighted by atomic mass is 16.3. The van der Waals surface area contributed by atoms with Crippen molar-refractivity contribution in [1.82, 2.24) is 0 Å². The molecule has 5 atom stereocenters. The van der Waals surface area contributed by atoms with Gasteiger partial charge in [0.25, 0.3) is 0 Å². The summed E-state index contributed by atoms with van der Waals surface area (Å²) in [5, 5.41) is 10.1. The number of fused-ring (bicyclic) bond motifs is 3. The van der Waals surface area contributed by atoms with Gasteiger partial charge >= 0.3 is 0 Å². The molecule has 3 aliphatic carbocycles. The van der Waals surface area contributed by atoms with Crippen LogP contribution in [0.2, 0.25) is 0 Å². The molecule has 0 heterocycles. The van der Waals surface area contributed by atoms with Crippen LogP contribution in [0, 0.1) is 28.1 Å². The standard InChI is InChI=1S/C13H22O/c1-8(14)13-7-12(13,4)6-5-9-10(13)11(9,2)3/h8-10,14H,5-7H2,1-4H3/t8?,9-,10+,12+,13-/m1/s1. The summed E-state index contributed by atoms with van der Waals surface area (Å²) < 4.78 is 0. The van der Waals surface area contributed by atoms with Crippen molar-refractivity contribution in [2.24, 2.45) is 28.1 Å². The van der Waals surface area contributed by atoms with Crippen LogP contribution < -0.4 is 0 Å². The minimum absolute atomic E-state index is 0.0953. The van der Waals surface area contributed by atoms with Crippen molar-refractivity contribution in [2.45, 2.75) is 53.1 Å². The van der Waals surface area contributed by atoms with Crippen LogP contribution in [0.25, 0.3) is 0 Å². The summed E-state index contributed by atoms with van der Waals surface area (Å²) in [6.07, 6.45) is 3.94. The topological polar surface area (TPSA) is 20.2 Å². The van der Waals surface area contributed by atoms with Gasteiger partial charge in [0, 0.05) is 5.41 Å². The van der Waals surface area contributed by atoms with Crippen molar-refractivity contribution in [1.29, 1.82) is 0 Å². The van der Waals surface area contributed by atoms with Crippen molar-refractivity contribution >= 4 is 0 Å². The van der Waals surface area contributed by atoms with Crippen molar-refractivity contribution < 1.29 is 5.11 Å². The molecule has 0 amide bonds. The summed E-state index contributed by atoms with van der Waals surface area (Å²) in [6, 6.07) is 0. The van der Waals surface area contributed by atoms with Crippen LogP contribution in [0.15, 0.2) is 0 Å². The Balaban J connectivity index is 1.99. The van der Waals surface area contributed by atoms with Gasteiger partial charge in [-0.25, -0.2) is 0 Å². The molecule has 1 N–H and O–H groups in total. The van der Waals surface area contributed by atoms with E-state index in [4.69, 9.17) is 0 Å². The molecule has 80 valence electrons. The molecule has 3 rings (SSSR count). The SMILES string of the molecule is CC(O)[C@@]12C[C@]1(C)CC[C@@H]1[C@H]2C1(C)C. The zero-order chi connectivity index (χ0) is 10.4. The molecule has 14 heavy (non-hydrogen) atoms. The fraction of sp³-hybridized carbons (Fsp3) is 1.00. The average molecular weight is 194 g/mol. The van der Waals surface area contributed by atoms with Crippen molar-refractivity contribution in [3.05, 3.63) is 0 Å². The Kier molecular flexibility index (Phi) is 1.36. The second kappa shape index (κ2) is 2.07. The van der Waals surface area contributed by atoms with Gasteiger partial charge in [-0.15, -0.1) is 0 Å². The summed E-state index contributed by atoms with van der Waals surface area (Å²) in [4.78, 5) is 0. The lowest BCUT2D eigenvalue weighted by Crippen LogP contribution is -2.30. The first-order valence-electron chi connectivity index (χ1n) is 6.04. The zero-order valence-corrected chi connectivity index (χ0v) is 9.80. The fourth-order valence-electron chi connectivity index (χ4n) is 5.10. The Labute approximate surface area is 86.9 Å². The van der Waals surface area contributed by atoms with E-state index in [1.807, 2.05) is 6.92 Å². The first-order valence-corrected chi connectivity index (χ1v) is 6.04. The molecular weight excluding hydrogens is 172 g/mol. The highest BCUT2D eigenvalue weighted by Gasteiger charge is 2.82. The molecule has 0 aromatic rings. The lowest BCUT2D eigenvalue weighted by molar-refractivity contribution is 0.0451. The molecule has 3 saturated carbocycles. The molecule has 1 heteroatoms. The van der Waals surface area contributed by atoms with Crippen LogP contribution in [-0.4, -0.2) is 11.2 Å². The second-order valence-electron chi connectivity index (χ2n) is 6.90. The molecule has 0 radical (unpaired) electrons. The van der Waals surface area contributed by atoms with E-state index < -0.39 is 0 Å². The lowest BCUT2D eigenvalue weighted by Gasteiger charge is -2.30. The largest absolute Gasteiger partial charge is 0.393 e. The smallest absolute Gasteiger partial charge is 0.0576 e. The summed E-state index contributed by atoms with van der Waals surface area (Å²) in [6.45, 7) is 9.21. The molecule has 1 nitrogen and oxygen atoms in total. The van der Waals surface area contributed by atoms with Crippen LogP contribution in [0.1, 0.15) is 47.0 Å². The summed E-state index contributed by atoms with van der Waals surface area (Å²) >= 11 is 0. The summed E-state index contributed by atoms with van der Waals surface area (Å²) in [5.41, 5.74) is 1.31. The molecule has 0 bridgehead atoms. The van der Waals surface area contributed by atoms with E-state index in [1.54, 1.807) is 0 Å². The van der Waals surface area contributed by atoms with Crippen molar-refractivity contribution in [2.75, 3.05) is 0 Å². The maximum absolute atomic E-state index is 10.1. The highest BCUT2D eigenvalue weighted by molar-refractivity contribution is 5.30. The molecule has 3 aliphatic rings. The van der Waals surface area contributed by atoms with Crippen molar-refractivity contribution in [3.8, 4) is 0 Å². The van der Waals surface area contributed by atoms with Crippen LogP contribution in [0.3, 0.4) is 0 Å². The predicted octanol–water partition coefficient (Wildman–Crippen LogP) is 2.83. The van der Waals surface area contributed by atoms with E-state index in [1.165, 1.54) is 19.3 Å². The third-order valence-electron chi connectivity index (χ3n) is 6.04. The van der Waals surface area contributed by atoms with Gasteiger partial charge in [0.15, 0.2) is 0 Å². The molecule has 0 aromatic heterocycles. The van der Waals surface area contributed by atoms with Gasteiger partial charge in [0.05, 0.1) is 6.10 Å². The van der Waals surface area contributed by atoms with Gasteiger partial charge in [-0.2, -0.15) is 0 Å². The molecule has 3 fully saturated rings. The fourth-order valence-corrected chi connectivity index (χ4v) is 5.10. The minimum Gasteiger partial charge on any atom is -0.393 e. The quantitative estimate of drug-likeness (QED) is 0.680. The van der Waals surface area contributed by atoms with Gasteiger partial charge in [0.2, 0.25) is 0 Å². The minimum atomic E-state index is -0.0953. The Bertz CT molecular complexity index is 294. The van der Waals surface area contributed by atoms with Gasteiger partial charge in [-0.3, -0.25) is 0 Å². The van der Waals surface area contributed by atoms with E-state index in [0.29, 0.717) is 16.2 Å². The van der Waals surface area contributed by atoms with E-state index in [9.17, 15) is 5.11 Å². The molecule has 0 spiro atoms. The number of aliphatic hydroxyl groups excluding tert-OH is 1. The van der Waals surface area contributed by atoms with Crippen LogP contribution in [0.5, 0.6) is 0 Å². The first-order chi connectivity index (χ1) is 6.36. The van der Waals surface area contributed by atoms with Crippen LogP contribution >= 0.6 is 0 Å². The molecule has 1 unspecified atom stereocenters. The number of hydrogen-bond acceptors (Lipinski definition) is 1. The second-order valence-corrected chi connectivity index (χ2v) is 6.90. The van der Waals surface area contributed by atoms with Crippen LogP contribution in [0.4, 0.5) is 0 Å². The number of aliphatic hydroxyl groups is 1. The summed E-state index contributed by atoms with van der Waals surface area (Å²) in [5.74, 6) is 1.72. The maximum atomic E-state index is 10.1. The van der Waals surface area contributed by atoms with E-state index in [0.717, 1.165) is 11.8 Å². The Hall–Kier alpha value is -0.0400. The lowest BCUT2D eigenvalue weighted by atomic mass is 9.77. The molecular formula is C13H22O. The van der Waals surface area contributed by atoms with Gasteiger partial charge in [0.1, 0.15) is 0 Å². The average Bonchev–Trinajstić information content (AvgIpc) is 2.84. The van der Waals surface area contributed by atoms with E-state index >= 15 is 0 Å². The van der Waals surface area contributed by atoms with Gasteiger partial charge in [-0.05, 0) is 48.9 Å². The zero-order valence-electron chi connectivity index (χ0n) is 9.80.